The van der Waals surface area contributed by atoms with Gasteiger partial charge in [-0.3, -0.25) is 0 Å². The molecule has 4 nitrogen and oxygen atoms in total. The van der Waals surface area contributed by atoms with Crippen molar-refractivity contribution < 1.29 is 13.5 Å². The summed E-state index contributed by atoms with van der Waals surface area (Å²) in [6.45, 7) is 3.55. The molecule has 0 radical (unpaired) electrons. The van der Waals surface area contributed by atoms with Gasteiger partial charge in [-0.1, -0.05) is 44.2 Å². The molecular formula is C13H21NO3S. The Hall–Kier alpha value is -0.910. The van der Waals surface area contributed by atoms with Gasteiger partial charge in [0.25, 0.3) is 0 Å². The van der Waals surface area contributed by atoms with E-state index in [0.717, 1.165) is 5.56 Å². The lowest BCUT2D eigenvalue weighted by atomic mass is 10.0. The third-order valence-corrected chi connectivity index (χ3v) is 4.53. The molecule has 0 spiro atoms. The first kappa shape index (κ1) is 15.1. The van der Waals surface area contributed by atoms with Crippen molar-refractivity contribution in [2.24, 2.45) is 0 Å². The summed E-state index contributed by atoms with van der Waals surface area (Å²) in [6.07, 6.45) is 0.579. The van der Waals surface area contributed by atoms with Gasteiger partial charge in [0.05, 0.1) is 12.4 Å². The summed E-state index contributed by atoms with van der Waals surface area (Å²) in [6, 6.07) is 9.15. The molecule has 5 heteroatoms. The number of sulfonamides is 1. The summed E-state index contributed by atoms with van der Waals surface area (Å²) in [4.78, 5) is 0. The molecule has 0 saturated carbocycles. The molecule has 1 aromatic rings. The largest absolute Gasteiger partial charge is 0.395 e. The van der Waals surface area contributed by atoms with Crippen molar-refractivity contribution in [2.75, 3.05) is 12.4 Å². The molecule has 18 heavy (non-hydrogen) atoms. The maximum absolute atomic E-state index is 11.9. The van der Waals surface area contributed by atoms with Crippen LogP contribution in [0.4, 0.5) is 0 Å². The summed E-state index contributed by atoms with van der Waals surface area (Å²) in [5, 5.41) is 9.01. The smallest absolute Gasteiger partial charge is 0.212 e. The number of nitrogens with one attached hydrogen (secondary N) is 1. The van der Waals surface area contributed by atoms with Crippen LogP contribution in [0, 0.1) is 0 Å². The lowest BCUT2D eigenvalue weighted by Crippen LogP contribution is -2.39. The van der Waals surface area contributed by atoms with Crippen LogP contribution in [0.1, 0.15) is 31.7 Å². The van der Waals surface area contributed by atoms with Crippen LogP contribution in [0.3, 0.4) is 0 Å². The maximum Gasteiger partial charge on any atom is 0.212 e. The first-order valence-corrected chi connectivity index (χ1v) is 7.79. The average Bonchev–Trinajstić information content (AvgIpc) is 2.36. The van der Waals surface area contributed by atoms with E-state index in [4.69, 9.17) is 5.11 Å². The Bertz CT molecular complexity index is 441. The van der Waals surface area contributed by atoms with Crippen LogP contribution in [-0.4, -0.2) is 31.9 Å². The molecule has 0 aromatic heterocycles. The minimum Gasteiger partial charge on any atom is -0.395 e. The number of aliphatic hydroxyl groups is 1. The average molecular weight is 271 g/mol. The molecule has 102 valence electrons. The number of rotatable bonds is 7. The van der Waals surface area contributed by atoms with Gasteiger partial charge in [0.15, 0.2) is 0 Å². The molecule has 0 aliphatic rings. The lowest BCUT2D eigenvalue weighted by molar-refractivity contribution is 0.253. The molecule has 0 heterocycles. The van der Waals surface area contributed by atoms with Gasteiger partial charge in [-0.05, 0) is 17.9 Å². The molecule has 0 amide bonds. The second-order valence-electron chi connectivity index (χ2n) is 4.50. The van der Waals surface area contributed by atoms with Gasteiger partial charge >= 0.3 is 0 Å². The normalized spacial score (nSPS) is 15.3. The van der Waals surface area contributed by atoms with Crippen LogP contribution in [0.5, 0.6) is 0 Å². The zero-order valence-corrected chi connectivity index (χ0v) is 11.7. The summed E-state index contributed by atoms with van der Waals surface area (Å²) in [5.41, 5.74) is 1.000. The summed E-state index contributed by atoms with van der Waals surface area (Å²) >= 11 is 0. The van der Waals surface area contributed by atoms with E-state index in [9.17, 15) is 8.42 Å². The Morgan fingerprint density at radius 3 is 2.39 bits per heavy atom. The van der Waals surface area contributed by atoms with E-state index in [1.165, 1.54) is 0 Å². The fourth-order valence-corrected chi connectivity index (χ4v) is 3.45. The molecule has 2 N–H and O–H groups in total. The van der Waals surface area contributed by atoms with E-state index >= 15 is 0 Å². The van der Waals surface area contributed by atoms with E-state index in [-0.39, 0.29) is 18.3 Å². The Morgan fingerprint density at radius 1 is 1.28 bits per heavy atom. The van der Waals surface area contributed by atoms with E-state index in [0.29, 0.717) is 6.42 Å². The highest BCUT2D eigenvalue weighted by molar-refractivity contribution is 7.89. The summed E-state index contributed by atoms with van der Waals surface area (Å²) in [5.74, 6) is -0.0343. The number of hydrogen-bond donors (Lipinski definition) is 2. The molecule has 1 aromatic carbocycles. The summed E-state index contributed by atoms with van der Waals surface area (Å²) in [7, 11) is -3.36. The monoisotopic (exact) mass is 271 g/mol. The third-order valence-electron chi connectivity index (χ3n) is 2.90. The third kappa shape index (κ3) is 4.76. The van der Waals surface area contributed by atoms with E-state index in [1.807, 2.05) is 44.2 Å². The fraction of sp³-hybridized carbons (Fsp3) is 0.538. The Balaban J connectivity index is 2.66. The van der Waals surface area contributed by atoms with E-state index in [2.05, 4.69) is 4.72 Å². The molecule has 1 unspecified atom stereocenters. The second-order valence-corrected chi connectivity index (χ2v) is 6.30. The van der Waals surface area contributed by atoms with Gasteiger partial charge in [-0.2, -0.15) is 0 Å². The van der Waals surface area contributed by atoms with Crippen LogP contribution >= 0.6 is 0 Å². The highest BCUT2D eigenvalue weighted by atomic mass is 32.2. The molecule has 0 saturated heterocycles. The van der Waals surface area contributed by atoms with Gasteiger partial charge in [-0.15, -0.1) is 0 Å². The van der Waals surface area contributed by atoms with Crippen molar-refractivity contribution in [3.05, 3.63) is 35.9 Å². The topological polar surface area (TPSA) is 66.4 Å². The van der Waals surface area contributed by atoms with Crippen LogP contribution in [0.2, 0.25) is 0 Å². The zero-order chi connectivity index (χ0) is 13.6. The molecule has 0 aliphatic carbocycles. The SMILES string of the molecule is CC[C@@H](CO)NS(=O)(=O)CC(C)c1ccccc1. The van der Waals surface area contributed by atoms with Crippen LogP contribution in [0.15, 0.2) is 30.3 Å². The zero-order valence-electron chi connectivity index (χ0n) is 10.8. The Labute approximate surface area is 109 Å². The van der Waals surface area contributed by atoms with Gasteiger partial charge in [0.2, 0.25) is 10.0 Å². The minimum absolute atomic E-state index is 0.0352. The Kier molecular flexibility index (Phi) is 5.78. The van der Waals surface area contributed by atoms with Gasteiger partial charge in [0, 0.05) is 6.04 Å². The van der Waals surface area contributed by atoms with Crippen molar-refractivity contribution in [1.82, 2.24) is 4.72 Å². The van der Waals surface area contributed by atoms with Crippen LogP contribution in [-0.2, 0) is 10.0 Å². The van der Waals surface area contributed by atoms with E-state index in [1.54, 1.807) is 0 Å². The Morgan fingerprint density at radius 2 is 1.89 bits per heavy atom. The van der Waals surface area contributed by atoms with Gasteiger partial charge < -0.3 is 5.11 Å². The van der Waals surface area contributed by atoms with Gasteiger partial charge in [-0.25, -0.2) is 13.1 Å². The molecule has 2 atom stereocenters. The molecule has 0 aliphatic heterocycles. The quantitative estimate of drug-likeness (QED) is 0.789. The maximum atomic E-state index is 11.9. The molecule has 0 bridgehead atoms. The highest BCUT2D eigenvalue weighted by Crippen LogP contribution is 2.16. The van der Waals surface area contributed by atoms with Crippen molar-refractivity contribution in [3.8, 4) is 0 Å². The first-order valence-electron chi connectivity index (χ1n) is 6.14. The standard InChI is InChI=1S/C13H21NO3S/c1-3-13(9-15)14-18(16,17)10-11(2)12-7-5-4-6-8-12/h4-8,11,13-15H,3,9-10H2,1-2H3/t11?,13-/m0/s1. The molecule has 1 rings (SSSR count). The summed E-state index contributed by atoms with van der Waals surface area (Å²) < 4.78 is 26.4. The van der Waals surface area contributed by atoms with Crippen LogP contribution < -0.4 is 4.72 Å². The highest BCUT2D eigenvalue weighted by Gasteiger charge is 2.19. The van der Waals surface area contributed by atoms with Crippen molar-refractivity contribution in [1.29, 1.82) is 0 Å². The number of hydrogen-bond acceptors (Lipinski definition) is 3. The van der Waals surface area contributed by atoms with Crippen molar-refractivity contribution in [3.63, 3.8) is 0 Å². The second kappa shape index (κ2) is 6.87. The van der Waals surface area contributed by atoms with Crippen molar-refractivity contribution in [2.45, 2.75) is 32.2 Å². The first-order chi connectivity index (χ1) is 8.48. The molecule has 0 fully saturated rings. The van der Waals surface area contributed by atoms with Crippen LogP contribution in [0.25, 0.3) is 0 Å². The van der Waals surface area contributed by atoms with Gasteiger partial charge in [0.1, 0.15) is 0 Å². The molecular weight excluding hydrogens is 250 g/mol. The number of aliphatic hydroxyl groups excluding tert-OH is 1. The predicted octanol–water partition coefficient (Wildman–Crippen LogP) is 1.48. The van der Waals surface area contributed by atoms with E-state index < -0.39 is 16.1 Å². The fourth-order valence-electron chi connectivity index (χ4n) is 1.76. The van der Waals surface area contributed by atoms with Crippen molar-refractivity contribution >= 4 is 10.0 Å². The lowest BCUT2D eigenvalue weighted by Gasteiger charge is -2.17. The predicted molar refractivity (Wildman–Crippen MR) is 72.9 cm³/mol. The minimum atomic E-state index is -3.36. The number of benzene rings is 1.